The van der Waals surface area contributed by atoms with Crippen molar-refractivity contribution in [3.05, 3.63) is 47.0 Å². The number of furan rings is 1. The minimum atomic E-state index is -4.71. The van der Waals surface area contributed by atoms with Crippen LogP contribution in [0, 0.1) is 25.7 Å². The molecular weight excluding hydrogens is 813 g/mol. The van der Waals surface area contributed by atoms with Crippen LogP contribution in [0.25, 0.3) is 0 Å². The summed E-state index contributed by atoms with van der Waals surface area (Å²) in [6, 6.07) is 0. The lowest BCUT2D eigenvalue weighted by molar-refractivity contribution is -0.870. The fraction of sp³-hybridized carbons (Fsp3) is 0.771. The summed E-state index contributed by atoms with van der Waals surface area (Å²) in [7, 11) is 0.979. The fourth-order valence-corrected chi connectivity index (χ4v) is 8.23. The molecule has 356 valence electrons. The van der Waals surface area contributed by atoms with Gasteiger partial charge in [0.25, 0.3) is 7.82 Å². The number of Topliss-reactive ketones (excluding diaryl/α,β-unsaturated/α-hetero) is 1. The Morgan fingerprint density at radius 1 is 0.855 bits per heavy atom. The van der Waals surface area contributed by atoms with Crippen LogP contribution in [0.2, 0.25) is 0 Å². The zero-order valence-corrected chi connectivity index (χ0v) is 40.1. The Morgan fingerprint density at radius 2 is 1.50 bits per heavy atom. The Hall–Kier alpha value is -2.64. The lowest BCUT2D eigenvalue weighted by Gasteiger charge is -2.28. The van der Waals surface area contributed by atoms with E-state index in [0.717, 1.165) is 95.0 Å². The molecule has 0 aromatic carbocycles. The van der Waals surface area contributed by atoms with Gasteiger partial charge >= 0.3 is 11.9 Å². The van der Waals surface area contributed by atoms with E-state index < -0.39 is 44.7 Å². The minimum absolute atomic E-state index is 0.0129. The second-order valence-electron chi connectivity index (χ2n) is 18.1. The number of allylic oxidation sites excluding steroid dienone is 2. The molecule has 0 saturated heterocycles. The van der Waals surface area contributed by atoms with Crippen molar-refractivity contribution in [1.82, 2.24) is 0 Å². The Bertz CT molecular complexity index is 1550. The molecule has 1 fully saturated rings. The van der Waals surface area contributed by atoms with E-state index in [1.807, 2.05) is 33.3 Å². The summed E-state index contributed by atoms with van der Waals surface area (Å²) in [6.45, 7) is 8.00. The second kappa shape index (κ2) is 30.5. The number of rotatable bonds is 35. The van der Waals surface area contributed by atoms with Crippen molar-refractivity contribution in [2.75, 3.05) is 47.5 Å². The van der Waals surface area contributed by atoms with E-state index in [0.29, 0.717) is 43.1 Å². The molecular formula is C48H82NO12P. The maximum atomic E-state index is 12.8. The number of phosphoric acid groups is 1. The third-order valence-electron chi connectivity index (χ3n) is 11.5. The molecule has 2 N–H and O–H groups in total. The number of aliphatic hydroxyl groups excluding tert-OH is 2. The van der Waals surface area contributed by atoms with E-state index in [1.165, 1.54) is 11.1 Å². The standard InChI is InChI=1S/C48H82NO12P/c1-8-10-19-25-39(50)30-31-42-41(43(51)34-44(42)52)26-20-17-18-23-29-48(54)60-40(36-59-62(55,56)58-33-32-49(5,6)7)35-57-47(53)28-22-16-14-12-11-13-15-21-27-46-38(4)37(3)45(61-46)24-9-2/h17,20,30-31,39-42,44,50,52H,8-16,18-19,21-29,32-36H2,1-7H3/b20-17-,31-30+/t39-,40+,41+,42+,44+/m0/s1. The summed E-state index contributed by atoms with van der Waals surface area (Å²) < 4.78 is 40.0. The van der Waals surface area contributed by atoms with Crippen LogP contribution < -0.4 is 4.89 Å². The molecule has 62 heavy (non-hydrogen) atoms. The highest BCUT2D eigenvalue weighted by atomic mass is 31.2. The molecule has 0 radical (unpaired) electrons. The first-order chi connectivity index (χ1) is 29.5. The summed E-state index contributed by atoms with van der Waals surface area (Å²) in [5, 5.41) is 20.8. The van der Waals surface area contributed by atoms with Crippen LogP contribution in [0.1, 0.15) is 158 Å². The predicted octanol–water partition coefficient (Wildman–Crippen LogP) is 8.75. The Morgan fingerprint density at radius 3 is 2.16 bits per heavy atom. The summed E-state index contributed by atoms with van der Waals surface area (Å²) in [5.41, 5.74) is 2.59. The molecule has 1 aliphatic carbocycles. The number of nitrogens with zero attached hydrogens (tertiary/aromatic N) is 1. The van der Waals surface area contributed by atoms with Gasteiger partial charge in [-0.1, -0.05) is 95.9 Å². The number of ketones is 1. The van der Waals surface area contributed by atoms with Crippen molar-refractivity contribution in [1.29, 1.82) is 0 Å². The fourth-order valence-electron chi connectivity index (χ4n) is 7.51. The van der Waals surface area contributed by atoms with Crippen molar-refractivity contribution < 1.29 is 61.5 Å². The number of aliphatic hydroxyl groups is 2. The summed E-state index contributed by atoms with van der Waals surface area (Å²) >= 11 is 0. The van der Waals surface area contributed by atoms with Crippen molar-refractivity contribution in [3.63, 3.8) is 0 Å². The SMILES string of the molecule is CCCCC[C@H](O)/C=C/[C@H]1[C@H](O)CC(=O)[C@@H]1C/C=C\CCCC(=O)O[C@H](COC(=O)CCCCCCCCCCc1oc(CCC)c(C)c1C)COP(=O)([O-])OCC[N+](C)(C)C. The molecule has 0 spiro atoms. The Kier molecular flexibility index (Phi) is 27.3. The van der Waals surface area contributed by atoms with Gasteiger partial charge in [0.1, 0.15) is 37.1 Å². The van der Waals surface area contributed by atoms with Gasteiger partial charge in [0, 0.05) is 43.9 Å². The number of aryl methyl sites for hydroxylation is 2. The van der Waals surface area contributed by atoms with Crippen LogP contribution >= 0.6 is 7.82 Å². The molecule has 1 aromatic heterocycles. The Balaban J connectivity index is 1.75. The molecule has 14 heteroatoms. The summed E-state index contributed by atoms with van der Waals surface area (Å²) in [6.07, 6.45) is 21.3. The first-order valence-corrected chi connectivity index (χ1v) is 25.0. The monoisotopic (exact) mass is 896 g/mol. The largest absolute Gasteiger partial charge is 0.756 e. The van der Waals surface area contributed by atoms with Gasteiger partial charge in [0.15, 0.2) is 6.10 Å². The van der Waals surface area contributed by atoms with E-state index in [4.69, 9.17) is 22.9 Å². The van der Waals surface area contributed by atoms with Gasteiger partial charge in [0.2, 0.25) is 0 Å². The predicted molar refractivity (Wildman–Crippen MR) is 240 cm³/mol. The molecule has 1 heterocycles. The quantitative estimate of drug-likeness (QED) is 0.0218. The van der Waals surface area contributed by atoms with Gasteiger partial charge in [-0.25, -0.2) is 0 Å². The van der Waals surface area contributed by atoms with E-state index in [-0.39, 0.29) is 50.1 Å². The van der Waals surface area contributed by atoms with Crippen LogP contribution in [-0.4, -0.2) is 98.2 Å². The van der Waals surface area contributed by atoms with Crippen molar-refractivity contribution in [2.24, 2.45) is 11.8 Å². The van der Waals surface area contributed by atoms with Crippen LogP contribution in [0.4, 0.5) is 0 Å². The van der Waals surface area contributed by atoms with Gasteiger partial charge in [-0.2, -0.15) is 0 Å². The highest BCUT2D eigenvalue weighted by Gasteiger charge is 2.39. The molecule has 0 amide bonds. The van der Waals surface area contributed by atoms with Crippen LogP contribution in [-0.2, 0) is 50.3 Å². The van der Waals surface area contributed by atoms with E-state index >= 15 is 0 Å². The van der Waals surface area contributed by atoms with Gasteiger partial charge in [0.05, 0.1) is 40.0 Å². The molecule has 0 aliphatic heterocycles. The third kappa shape index (κ3) is 23.9. The van der Waals surface area contributed by atoms with Crippen LogP contribution in [0.3, 0.4) is 0 Å². The molecule has 13 nitrogen and oxygen atoms in total. The van der Waals surface area contributed by atoms with E-state index in [1.54, 1.807) is 12.2 Å². The lowest BCUT2D eigenvalue weighted by atomic mass is 9.90. The van der Waals surface area contributed by atoms with Crippen LogP contribution in [0.5, 0.6) is 0 Å². The molecule has 1 saturated carbocycles. The summed E-state index contributed by atoms with van der Waals surface area (Å²) in [4.78, 5) is 50.5. The number of hydrogen-bond donors (Lipinski definition) is 2. The number of ether oxygens (including phenoxy) is 2. The Labute approximate surface area is 373 Å². The second-order valence-corrected chi connectivity index (χ2v) is 19.5. The zero-order valence-electron chi connectivity index (χ0n) is 39.2. The minimum Gasteiger partial charge on any atom is -0.756 e. The smallest absolute Gasteiger partial charge is 0.306 e. The van der Waals surface area contributed by atoms with E-state index in [2.05, 4.69) is 27.7 Å². The highest BCUT2D eigenvalue weighted by molar-refractivity contribution is 7.45. The number of carbonyl (C=O) groups excluding carboxylic acids is 3. The zero-order chi connectivity index (χ0) is 46.0. The van der Waals surface area contributed by atoms with E-state index in [9.17, 15) is 34.1 Å². The molecule has 1 aromatic rings. The maximum Gasteiger partial charge on any atom is 0.306 e. The maximum absolute atomic E-state index is 12.8. The summed E-state index contributed by atoms with van der Waals surface area (Å²) in [5.74, 6) is 0.452. The average molecular weight is 896 g/mol. The molecule has 0 bridgehead atoms. The highest BCUT2D eigenvalue weighted by Crippen LogP contribution is 2.38. The first-order valence-electron chi connectivity index (χ1n) is 23.5. The van der Waals surface area contributed by atoms with Crippen LogP contribution in [0.15, 0.2) is 28.7 Å². The lowest BCUT2D eigenvalue weighted by Crippen LogP contribution is -2.37. The number of phosphoric ester groups is 1. The number of carbonyl (C=O) groups is 3. The van der Waals surface area contributed by atoms with Gasteiger partial charge in [-0.3, -0.25) is 18.9 Å². The van der Waals surface area contributed by atoms with Gasteiger partial charge in [-0.05, 0) is 69.9 Å². The molecule has 2 rings (SSSR count). The number of quaternary nitrogens is 1. The average Bonchev–Trinajstić information content (AvgIpc) is 3.63. The van der Waals surface area contributed by atoms with Crippen molar-refractivity contribution >= 4 is 25.5 Å². The van der Waals surface area contributed by atoms with Gasteiger partial charge in [-0.15, -0.1) is 0 Å². The number of likely N-dealkylation sites (N-methyl/N-ethyl adjacent to an activating group) is 1. The topological polar surface area (TPSA) is 182 Å². The first kappa shape index (κ1) is 55.5. The van der Waals surface area contributed by atoms with Crippen molar-refractivity contribution in [2.45, 2.75) is 181 Å². The molecule has 6 atom stereocenters. The van der Waals surface area contributed by atoms with Crippen molar-refractivity contribution in [3.8, 4) is 0 Å². The molecule has 1 aliphatic rings. The third-order valence-corrected chi connectivity index (χ3v) is 12.5. The number of esters is 2. The molecule has 1 unspecified atom stereocenters. The normalized spacial score (nSPS) is 19.1. The van der Waals surface area contributed by atoms with Gasteiger partial charge < -0.3 is 42.5 Å². The number of unbranched alkanes of at least 4 members (excludes halogenated alkanes) is 10. The number of hydrogen-bond acceptors (Lipinski definition) is 12.